The van der Waals surface area contributed by atoms with E-state index in [-0.39, 0.29) is 0 Å². The smallest absolute Gasteiger partial charge is 0.0932 e. The van der Waals surface area contributed by atoms with Crippen LogP contribution in [0.25, 0.3) is 10.9 Å². The van der Waals surface area contributed by atoms with Gasteiger partial charge in [-0.1, -0.05) is 25.1 Å². The van der Waals surface area contributed by atoms with Crippen LogP contribution in [0, 0.1) is 5.92 Å². The van der Waals surface area contributed by atoms with E-state index < -0.39 is 0 Å². The molecule has 1 aromatic heterocycles. The van der Waals surface area contributed by atoms with E-state index in [4.69, 9.17) is 0 Å². The van der Waals surface area contributed by atoms with Crippen molar-refractivity contribution in [3.8, 4) is 0 Å². The summed E-state index contributed by atoms with van der Waals surface area (Å²) in [5.41, 5.74) is 2.32. The van der Waals surface area contributed by atoms with Gasteiger partial charge in [0.05, 0.1) is 11.7 Å². The first kappa shape index (κ1) is 11.6. The minimum absolute atomic E-state index is 0.600. The topological polar surface area (TPSA) is 37.8 Å². The lowest BCUT2D eigenvalue weighted by Crippen LogP contribution is -2.33. The summed E-state index contributed by atoms with van der Waals surface area (Å²) in [4.78, 5) is 0. The predicted octanol–water partition coefficient (Wildman–Crippen LogP) is 2.56. The summed E-state index contributed by atoms with van der Waals surface area (Å²) in [7, 11) is 0. The second-order valence-electron chi connectivity index (χ2n) is 5.09. The highest BCUT2D eigenvalue weighted by Gasteiger charge is 2.30. The van der Waals surface area contributed by atoms with Gasteiger partial charge < -0.3 is 5.32 Å². The largest absolute Gasteiger partial charge is 0.314 e. The van der Waals surface area contributed by atoms with Crippen LogP contribution in [0.1, 0.15) is 25.3 Å². The van der Waals surface area contributed by atoms with Crippen LogP contribution in [-0.2, 0) is 6.42 Å². The Hall–Kier alpha value is -1.48. The lowest BCUT2D eigenvalue weighted by Gasteiger charge is -2.17. The van der Waals surface area contributed by atoms with Crippen molar-refractivity contribution in [2.75, 3.05) is 6.54 Å². The molecule has 1 aliphatic carbocycles. The number of nitrogens with one attached hydrogen (secondary N) is 1. The van der Waals surface area contributed by atoms with Gasteiger partial charge >= 0.3 is 0 Å². The van der Waals surface area contributed by atoms with Crippen LogP contribution in [0.4, 0.5) is 0 Å². The molecule has 3 nitrogen and oxygen atoms in total. The van der Waals surface area contributed by atoms with Gasteiger partial charge in [-0.3, -0.25) is 0 Å². The fourth-order valence-corrected chi connectivity index (χ4v) is 2.63. The number of aromatic nitrogens is 2. The molecular formula is C15H19N3. The van der Waals surface area contributed by atoms with Crippen LogP contribution in [0.3, 0.4) is 0 Å². The van der Waals surface area contributed by atoms with Gasteiger partial charge in [-0.2, -0.15) is 10.2 Å². The SMILES string of the molecule is CCNC(Cc1cnnc2ccccc12)C1CC1. The van der Waals surface area contributed by atoms with Crippen LogP contribution < -0.4 is 5.32 Å². The molecule has 1 heterocycles. The molecule has 3 rings (SSSR count). The molecule has 1 saturated carbocycles. The third-order valence-electron chi connectivity index (χ3n) is 3.73. The molecule has 1 fully saturated rings. The number of nitrogens with zero attached hydrogens (tertiary/aromatic N) is 2. The van der Waals surface area contributed by atoms with Crippen molar-refractivity contribution in [2.45, 2.75) is 32.2 Å². The predicted molar refractivity (Wildman–Crippen MR) is 73.4 cm³/mol. The van der Waals surface area contributed by atoms with Gasteiger partial charge in [0.25, 0.3) is 0 Å². The third kappa shape index (κ3) is 2.36. The number of hydrogen-bond acceptors (Lipinski definition) is 3. The van der Waals surface area contributed by atoms with E-state index >= 15 is 0 Å². The molecule has 0 aliphatic heterocycles. The molecule has 1 N–H and O–H groups in total. The molecule has 0 saturated heterocycles. The zero-order valence-corrected chi connectivity index (χ0v) is 10.8. The van der Waals surface area contributed by atoms with Crippen LogP contribution in [0.2, 0.25) is 0 Å². The Morgan fingerprint density at radius 1 is 1.33 bits per heavy atom. The third-order valence-corrected chi connectivity index (χ3v) is 3.73. The first-order valence-electron chi connectivity index (χ1n) is 6.81. The molecule has 1 atom stereocenters. The van der Waals surface area contributed by atoms with Crippen LogP contribution in [0.5, 0.6) is 0 Å². The Morgan fingerprint density at radius 3 is 2.94 bits per heavy atom. The molecule has 1 aromatic carbocycles. The molecule has 0 radical (unpaired) electrons. The van der Waals surface area contributed by atoms with Crippen molar-refractivity contribution in [1.82, 2.24) is 15.5 Å². The van der Waals surface area contributed by atoms with Crippen LogP contribution >= 0.6 is 0 Å². The maximum atomic E-state index is 4.19. The second kappa shape index (κ2) is 5.02. The van der Waals surface area contributed by atoms with Gasteiger partial charge in [0, 0.05) is 11.4 Å². The van der Waals surface area contributed by atoms with Crippen molar-refractivity contribution >= 4 is 10.9 Å². The maximum absolute atomic E-state index is 4.19. The zero-order chi connectivity index (χ0) is 12.4. The van der Waals surface area contributed by atoms with Gasteiger partial charge in [-0.05, 0) is 43.4 Å². The number of benzene rings is 1. The second-order valence-corrected chi connectivity index (χ2v) is 5.09. The molecule has 2 aromatic rings. The zero-order valence-electron chi connectivity index (χ0n) is 10.8. The van der Waals surface area contributed by atoms with Gasteiger partial charge in [-0.15, -0.1) is 0 Å². The summed E-state index contributed by atoms with van der Waals surface area (Å²) >= 11 is 0. The lowest BCUT2D eigenvalue weighted by molar-refractivity contribution is 0.473. The number of hydrogen-bond donors (Lipinski definition) is 1. The maximum Gasteiger partial charge on any atom is 0.0932 e. The highest BCUT2D eigenvalue weighted by atomic mass is 15.1. The average Bonchev–Trinajstić information content (AvgIpc) is 3.23. The summed E-state index contributed by atoms with van der Waals surface area (Å²) in [6.45, 7) is 3.22. The Labute approximate surface area is 108 Å². The Balaban J connectivity index is 1.88. The average molecular weight is 241 g/mol. The van der Waals surface area contributed by atoms with Gasteiger partial charge in [-0.25, -0.2) is 0 Å². The Bertz CT molecular complexity index is 529. The standard InChI is InChI=1S/C15H19N3/c1-2-16-15(11-7-8-11)9-12-10-17-18-14-6-4-3-5-13(12)14/h3-6,10-11,15-16H,2,7-9H2,1H3. The van der Waals surface area contributed by atoms with E-state index in [0.29, 0.717) is 6.04 Å². The molecule has 94 valence electrons. The van der Waals surface area contributed by atoms with Crippen LogP contribution in [0.15, 0.2) is 30.5 Å². The highest BCUT2D eigenvalue weighted by molar-refractivity contribution is 5.81. The fourth-order valence-electron chi connectivity index (χ4n) is 2.63. The molecule has 0 spiro atoms. The van der Waals surface area contributed by atoms with Crippen molar-refractivity contribution in [3.05, 3.63) is 36.0 Å². The molecule has 0 bridgehead atoms. The first-order chi connectivity index (χ1) is 8.88. The van der Waals surface area contributed by atoms with E-state index in [1.54, 1.807) is 0 Å². The van der Waals surface area contributed by atoms with Crippen molar-refractivity contribution in [1.29, 1.82) is 0 Å². The molecule has 0 amide bonds. The van der Waals surface area contributed by atoms with Crippen molar-refractivity contribution in [2.24, 2.45) is 5.92 Å². The minimum Gasteiger partial charge on any atom is -0.314 e. The van der Waals surface area contributed by atoms with E-state index in [2.05, 4.69) is 34.6 Å². The summed E-state index contributed by atoms with van der Waals surface area (Å²) in [5, 5.41) is 13.2. The van der Waals surface area contributed by atoms with E-state index in [9.17, 15) is 0 Å². The van der Waals surface area contributed by atoms with Gasteiger partial charge in [0.15, 0.2) is 0 Å². The van der Waals surface area contributed by atoms with Gasteiger partial charge in [0.2, 0.25) is 0 Å². The fraction of sp³-hybridized carbons (Fsp3) is 0.467. The van der Waals surface area contributed by atoms with Crippen molar-refractivity contribution < 1.29 is 0 Å². The summed E-state index contributed by atoms with van der Waals surface area (Å²) in [6.07, 6.45) is 5.73. The molecule has 1 aliphatic rings. The number of likely N-dealkylation sites (N-methyl/N-ethyl adjacent to an activating group) is 1. The Morgan fingerprint density at radius 2 is 2.17 bits per heavy atom. The van der Waals surface area contributed by atoms with E-state index in [1.807, 2.05) is 18.3 Å². The Kier molecular flexibility index (Phi) is 3.24. The normalized spacial score (nSPS) is 16.9. The number of fused-ring (bicyclic) bond motifs is 1. The molecule has 3 heteroatoms. The molecular weight excluding hydrogens is 222 g/mol. The first-order valence-corrected chi connectivity index (χ1v) is 6.81. The quantitative estimate of drug-likeness (QED) is 0.874. The van der Waals surface area contributed by atoms with Crippen LogP contribution in [-0.4, -0.2) is 22.8 Å². The van der Waals surface area contributed by atoms with Crippen molar-refractivity contribution in [3.63, 3.8) is 0 Å². The van der Waals surface area contributed by atoms with Gasteiger partial charge in [0.1, 0.15) is 0 Å². The molecule has 18 heavy (non-hydrogen) atoms. The van der Waals surface area contributed by atoms with E-state index in [0.717, 1.165) is 24.4 Å². The molecule has 1 unspecified atom stereocenters. The summed E-state index contributed by atoms with van der Waals surface area (Å²) in [6, 6.07) is 8.87. The van der Waals surface area contributed by atoms with E-state index in [1.165, 1.54) is 23.8 Å². The number of rotatable bonds is 5. The summed E-state index contributed by atoms with van der Waals surface area (Å²) < 4.78 is 0. The summed E-state index contributed by atoms with van der Waals surface area (Å²) in [5.74, 6) is 0.858. The monoisotopic (exact) mass is 241 g/mol. The highest BCUT2D eigenvalue weighted by Crippen LogP contribution is 2.34. The lowest BCUT2D eigenvalue weighted by atomic mass is 10.00. The minimum atomic E-state index is 0.600.